The molecular weight excluding hydrogens is 352 g/mol. The van der Waals surface area contributed by atoms with Gasteiger partial charge < -0.3 is 21.0 Å². The van der Waals surface area contributed by atoms with Crippen molar-refractivity contribution >= 4 is 16.9 Å². The molecule has 4 rings (SSSR count). The van der Waals surface area contributed by atoms with E-state index < -0.39 is 0 Å². The van der Waals surface area contributed by atoms with Crippen LogP contribution in [0.4, 0.5) is 5.82 Å². The molecule has 0 aliphatic rings. The van der Waals surface area contributed by atoms with Crippen molar-refractivity contribution < 1.29 is 0 Å². The summed E-state index contributed by atoms with van der Waals surface area (Å²) >= 11 is 0. The first-order valence-electron chi connectivity index (χ1n) is 9.05. The molecule has 0 radical (unpaired) electrons. The van der Waals surface area contributed by atoms with E-state index in [1.54, 1.807) is 12.3 Å². The van der Waals surface area contributed by atoms with Crippen molar-refractivity contribution in [1.29, 1.82) is 0 Å². The number of nitrogens with one attached hydrogen (secondary N) is 3. The topological polar surface area (TPSA) is 112 Å². The number of fused-ring (bicyclic) bond motifs is 1. The van der Waals surface area contributed by atoms with Gasteiger partial charge in [0.05, 0.1) is 5.39 Å². The SMILES string of the molecule is CC(C)(N)c1ccc(-c2cc3c(NCc4ccc(=O)[nH]c4)ncnc3[nH]2)cc1. The van der Waals surface area contributed by atoms with E-state index in [1.807, 2.05) is 32.0 Å². The van der Waals surface area contributed by atoms with Crippen LogP contribution in [-0.4, -0.2) is 19.9 Å². The Kier molecular flexibility index (Phi) is 4.44. The number of aromatic amines is 2. The van der Waals surface area contributed by atoms with E-state index >= 15 is 0 Å². The quantitative estimate of drug-likeness (QED) is 0.429. The van der Waals surface area contributed by atoms with Crippen molar-refractivity contribution in [1.82, 2.24) is 19.9 Å². The van der Waals surface area contributed by atoms with Crippen LogP contribution in [0.25, 0.3) is 22.3 Å². The molecule has 0 aliphatic heterocycles. The van der Waals surface area contributed by atoms with Crippen molar-refractivity contribution in [2.75, 3.05) is 5.32 Å². The number of nitrogens with zero attached hydrogens (tertiary/aromatic N) is 2. The third-order valence-corrected chi connectivity index (χ3v) is 4.67. The summed E-state index contributed by atoms with van der Waals surface area (Å²) in [5, 5.41) is 4.22. The van der Waals surface area contributed by atoms with Crippen molar-refractivity contribution in [3.8, 4) is 11.3 Å². The summed E-state index contributed by atoms with van der Waals surface area (Å²) in [6.45, 7) is 4.52. The second-order valence-electron chi connectivity index (χ2n) is 7.38. The molecule has 0 bridgehead atoms. The minimum Gasteiger partial charge on any atom is -0.365 e. The predicted molar refractivity (Wildman–Crippen MR) is 111 cm³/mol. The number of H-pyrrole nitrogens is 2. The van der Waals surface area contributed by atoms with Crippen LogP contribution >= 0.6 is 0 Å². The summed E-state index contributed by atoms with van der Waals surface area (Å²) in [4.78, 5) is 25.9. The van der Waals surface area contributed by atoms with Crippen LogP contribution in [0, 0.1) is 0 Å². The maximum Gasteiger partial charge on any atom is 0.247 e. The van der Waals surface area contributed by atoms with Gasteiger partial charge >= 0.3 is 0 Å². The Hall–Kier alpha value is -3.45. The van der Waals surface area contributed by atoms with Crippen molar-refractivity contribution in [2.45, 2.75) is 25.9 Å². The molecular formula is C21H22N6O. The van der Waals surface area contributed by atoms with Gasteiger partial charge in [-0.05, 0) is 36.6 Å². The van der Waals surface area contributed by atoms with E-state index in [-0.39, 0.29) is 11.1 Å². The Morgan fingerprint density at radius 2 is 1.89 bits per heavy atom. The normalized spacial score (nSPS) is 11.7. The van der Waals surface area contributed by atoms with Crippen LogP contribution in [0.5, 0.6) is 0 Å². The second-order valence-corrected chi connectivity index (χ2v) is 7.38. The van der Waals surface area contributed by atoms with E-state index in [1.165, 1.54) is 12.4 Å². The molecule has 7 heteroatoms. The number of pyridine rings is 1. The molecule has 0 unspecified atom stereocenters. The van der Waals surface area contributed by atoms with Gasteiger partial charge in [0.25, 0.3) is 0 Å². The summed E-state index contributed by atoms with van der Waals surface area (Å²) in [5.74, 6) is 0.735. The van der Waals surface area contributed by atoms with Crippen LogP contribution < -0.4 is 16.6 Å². The molecule has 0 spiro atoms. The zero-order valence-corrected chi connectivity index (χ0v) is 15.8. The molecule has 0 fully saturated rings. The number of benzene rings is 1. The fraction of sp³-hybridized carbons (Fsp3) is 0.190. The minimum atomic E-state index is -0.372. The molecule has 0 aliphatic carbocycles. The summed E-state index contributed by atoms with van der Waals surface area (Å²) < 4.78 is 0. The van der Waals surface area contributed by atoms with Gasteiger partial charge in [-0.2, -0.15) is 0 Å². The molecule has 7 nitrogen and oxygen atoms in total. The summed E-state index contributed by atoms with van der Waals surface area (Å²) in [7, 11) is 0. The van der Waals surface area contributed by atoms with Gasteiger partial charge in [0.1, 0.15) is 17.8 Å². The van der Waals surface area contributed by atoms with Crippen LogP contribution in [0.1, 0.15) is 25.0 Å². The van der Waals surface area contributed by atoms with Crippen molar-refractivity contribution in [2.24, 2.45) is 5.73 Å². The Labute approximate surface area is 162 Å². The van der Waals surface area contributed by atoms with Gasteiger partial charge in [0, 0.05) is 30.0 Å². The molecule has 142 valence electrons. The highest BCUT2D eigenvalue weighted by Crippen LogP contribution is 2.28. The zero-order valence-electron chi connectivity index (χ0n) is 15.8. The lowest BCUT2D eigenvalue weighted by Crippen LogP contribution is -2.28. The molecule has 0 atom stereocenters. The summed E-state index contributed by atoms with van der Waals surface area (Å²) in [6, 6.07) is 13.5. The molecule has 4 aromatic rings. The van der Waals surface area contributed by atoms with E-state index in [2.05, 4.69) is 37.4 Å². The van der Waals surface area contributed by atoms with Gasteiger partial charge in [0.2, 0.25) is 5.56 Å². The van der Waals surface area contributed by atoms with E-state index in [0.29, 0.717) is 6.54 Å². The first kappa shape index (κ1) is 17.9. The molecule has 1 aromatic carbocycles. The molecule has 28 heavy (non-hydrogen) atoms. The Morgan fingerprint density at radius 1 is 1.11 bits per heavy atom. The number of aromatic nitrogens is 4. The minimum absolute atomic E-state index is 0.118. The van der Waals surface area contributed by atoms with E-state index in [4.69, 9.17) is 5.73 Å². The first-order chi connectivity index (χ1) is 13.4. The van der Waals surface area contributed by atoms with Crippen LogP contribution in [0.2, 0.25) is 0 Å². The number of nitrogens with two attached hydrogens (primary N) is 1. The third-order valence-electron chi connectivity index (χ3n) is 4.67. The second kappa shape index (κ2) is 6.94. The number of rotatable bonds is 5. The fourth-order valence-corrected chi connectivity index (χ4v) is 3.05. The molecule has 3 aromatic heterocycles. The maximum atomic E-state index is 11.2. The van der Waals surface area contributed by atoms with Crippen LogP contribution in [-0.2, 0) is 12.1 Å². The lowest BCUT2D eigenvalue weighted by Gasteiger charge is -2.19. The van der Waals surface area contributed by atoms with Crippen molar-refractivity contribution in [3.05, 3.63) is 76.5 Å². The monoisotopic (exact) mass is 374 g/mol. The molecule has 0 saturated carbocycles. The standard InChI is InChI=1S/C21H22N6O/c1-21(2,22)15-6-4-14(5-7-15)17-9-16-19(25-12-26-20(16)27-17)24-11-13-3-8-18(28)23-10-13/h3-10,12H,11,22H2,1-2H3,(H,23,28)(H2,24,25,26,27). The predicted octanol–water partition coefficient (Wildman–Crippen LogP) is 3.12. The summed E-state index contributed by atoms with van der Waals surface area (Å²) in [5.41, 5.74) is 10.5. The molecule has 0 saturated heterocycles. The van der Waals surface area contributed by atoms with Gasteiger partial charge in [-0.3, -0.25) is 4.79 Å². The van der Waals surface area contributed by atoms with Crippen molar-refractivity contribution in [3.63, 3.8) is 0 Å². The molecule has 5 N–H and O–H groups in total. The largest absolute Gasteiger partial charge is 0.365 e. The van der Waals surface area contributed by atoms with Gasteiger partial charge in [-0.25, -0.2) is 9.97 Å². The highest BCUT2D eigenvalue weighted by atomic mass is 16.1. The smallest absolute Gasteiger partial charge is 0.247 e. The number of hydrogen-bond donors (Lipinski definition) is 4. The maximum absolute atomic E-state index is 11.2. The van der Waals surface area contributed by atoms with Crippen LogP contribution in [0.15, 0.2) is 59.8 Å². The highest BCUT2D eigenvalue weighted by molar-refractivity contribution is 5.91. The van der Waals surface area contributed by atoms with Gasteiger partial charge in [-0.15, -0.1) is 0 Å². The Bertz CT molecular complexity index is 1150. The Morgan fingerprint density at radius 3 is 2.57 bits per heavy atom. The first-order valence-corrected chi connectivity index (χ1v) is 9.05. The molecule has 0 amide bonds. The zero-order chi connectivity index (χ0) is 19.7. The van der Waals surface area contributed by atoms with Crippen LogP contribution in [0.3, 0.4) is 0 Å². The van der Waals surface area contributed by atoms with E-state index in [0.717, 1.165) is 39.2 Å². The lowest BCUT2D eigenvalue weighted by atomic mass is 9.94. The lowest BCUT2D eigenvalue weighted by molar-refractivity contribution is 0.554. The average molecular weight is 374 g/mol. The number of anilines is 1. The Balaban J connectivity index is 1.61. The van der Waals surface area contributed by atoms with Gasteiger partial charge in [0.15, 0.2) is 0 Å². The average Bonchev–Trinajstić information content (AvgIpc) is 3.12. The highest BCUT2D eigenvalue weighted by Gasteiger charge is 2.14. The number of hydrogen-bond acceptors (Lipinski definition) is 5. The third kappa shape index (κ3) is 3.65. The van der Waals surface area contributed by atoms with Gasteiger partial charge in [-0.1, -0.05) is 30.3 Å². The fourth-order valence-electron chi connectivity index (χ4n) is 3.05. The van der Waals surface area contributed by atoms with E-state index in [9.17, 15) is 4.79 Å². The molecule has 3 heterocycles. The summed E-state index contributed by atoms with van der Waals surface area (Å²) in [6.07, 6.45) is 3.22.